The van der Waals surface area contributed by atoms with Gasteiger partial charge in [0.05, 0.1) is 0 Å². The van der Waals surface area contributed by atoms with Gasteiger partial charge in [0.1, 0.15) is 0 Å². The third-order valence-corrected chi connectivity index (χ3v) is 5.05. The zero-order chi connectivity index (χ0) is 15.2. The molecule has 2 unspecified atom stereocenters. The van der Waals surface area contributed by atoms with Crippen molar-refractivity contribution in [2.75, 3.05) is 40.3 Å². The molecule has 3 nitrogen and oxygen atoms in total. The van der Waals surface area contributed by atoms with Crippen molar-refractivity contribution in [3.8, 4) is 0 Å². The topological polar surface area (TPSA) is 32.5 Å². The van der Waals surface area contributed by atoms with Gasteiger partial charge >= 0.3 is 0 Å². The molecule has 0 heterocycles. The molecule has 1 saturated carbocycles. The Morgan fingerprint density at radius 2 is 1.90 bits per heavy atom. The summed E-state index contributed by atoms with van der Waals surface area (Å²) < 4.78 is 0. The molecule has 0 aromatic heterocycles. The highest BCUT2D eigenvalue weighted by molar-refractivity contribution is 5.00. The maximum Gasteiger partial charge on any atom is 0.0360 e. The van der Waals surface area contributed by atoms with Crippen LogP contribution in [0.15, 0.2) is 0 Å². The first-order valence-corrected chi connectivity index (χ1v) is 8.56. The summed E-state index contributed by atoms with van der Waals surface area (Å²) >= 11 is 0. The Morgan fingerprint density at radius 1 is 1.20 bits per heavy atom. The highest BCUT2D eigenvalue weighted by Crippen LogP contribution is 2.40. The number of nitrogens with two attached hydrogens (primary N) is 1. The van der Waals surface area contributed by atoms with Gasteiger partial charge in [0.2, 0.25) is 0 Å². The Hall–Kier alpha value is -0.120. The summed E-state index contributed by atoms with van der Waals surface area (Å²) in [4.78, 5) is 5.03. The van der Waals surface area contributed by atoms with Crippen LogP contribution in [0.4, 0.5) is 0 Å². The van der Waals surface area contributed by atoms with E-state index in [0.29, 0.717) is 5.92 Å². The van der Waals surface area contributed by atoms with Crippen LogP contribution >= 0.6 is 0 Å². The molecule has 0 aromatic carbocycles. The summed E-state index contributed by atoms with van der Waals surface area (Å²) in [6, 6.07) is 0. The fourth-order valence-electron chi connectivity index (χ4n) is 3.95. The number of hydrogen-bond acceptors (Lipinski definition) is 3. The van der Waals surface area contributed by atoms with E-state index < -0.39 is 0 Å². The normalized spacial score (nSPS) is 27.8. The van der Waals surface area contributed by atoms with Crippen LogP contribution in [-0.4, -0.2) is 55.6 Å². The molecule has 1 aliphatic carbocycles. The number of hydrogen-bond donors (Lipinski definition) is 1. The van der Waals surface area contributed by atoms with Crippen LogP contribution in [0.25, 0.3) is 0 Å². The van der Waals surface area contributed by atoms with E-state index in [1.165, 1.54) is 38.6 Å². The molecule has 0 amide bonds. The molecule has 0 bridgehead atoms. The zero-order valence-corrected chi connectivity index (χ0v) is 14.5. The van der Waals surface area contributed by atoms with Gasteiger partial charge in [-0.1, -0.05) is 40.0 Å². The van der Waals surface area contributed by atoms with Crippen molar-refractivity contribution in [2.24, 2.45) is 17.6 Å². The lowest BCUT2D eigenvalue weighted by molar-refractivity contribution is -0.00681. The first-order chi connectivity index (χ1) is 9.46. The molecule has 0 spiro atoms. The molecule has 1 fully saturated rings. The van der Waals surface area contributed by atoms with Gasteiger partial charge in [-0.05, 0) is 38.8 Å². The van der Waals surface area contributed by atoms with Gasteiger partial charge in [0.15, 0.2) is 0 Å². The molecular formula is C17H37N3. The highest BCUT2D eigenvalue weighted by Gasteiger charge is 2.43. The van der Waals surface area contributed by atoms with Crippen molar-refractivity contribution in [3.63, 3.8) is 0 Å². The Balaban J connectivity index is 2.91. The van der Waals surface area contributed by atoms with Crippen LogP contribution in [0, 0.1) is 11.8 Å². The van der Waals surface area contributed by atoms with Crippen LogP contribution in [-0.2, 0) is 0 Å². The van der Waals surface area contributed by atoms with Gasteiger partial charge in [0, 0.05) is 31.7 Å². The molecule has 1 rings (SSSR count). The molecule has 20 heavy (non-hydrogen) atoms. The predicted octanol–water partition coefficient (Wildman–Crippen LogP) is 2.80. The van der Waals surface area contributed by atoms with E-state index in [9.17, 15) is 0 Å². The van der Waals surface area contributed by atoms with Crippen LogP contribution in [0.5, 0.6) is 0 Å². The van der Waals surface area contributed by atoms with E-state index in [0.717, 1.165) is 25.6 Å². The van der Waals surface area contributed by atoms with E-state index in [2.05, 4.69) is 44.7 Å². The lowest BCUT2D eigenvalue weighted by Gasteiger charge is -2.52. The van der Waals surface area contributed by atoms with Gasteiger partial charge in [0.25, 0.3) is 0 Å². The van der Waals surface area contributed by atoms with Gasteiger partial charge in [-0.3, -0.25) is 4.90 Å². The van der Waals surface area contributed by atoms with Crippen LogP contribution in [0.2, 0.25) is 0 Å². The summed E-state index contributed by atoms with van der Waals surface area (Å²) in [6.07, 6.45) is 6.67. The SMILES string of the molecule is CCC1CCCCC1(CN)N(CCN(C)C)CC(C)C. The molecule has 0 aromatic rings. The Bertz CT molecular complexity index is 265. The van der Waals surface area contributed by atoms with Crippen LogP contribution < -0.4 is 5.73 Å². The fourth-order valence-corrected chi connectivity index (χ4v) is 3.95. The molecule has 120 valence electrons. The summed E-state index contributed by atoms with van der Waals surface area (Å²) in [5.74, 6) is 1.49. The number of likely N-dealkylation sites (N-methyl/N-ethyl adjacent to an activating group) is 1. The van der Waals surface area contributed by atoms with Crippen molar-refractivity contribution in [2.45, 2.75) is 58.4 Å². The molecule has 0 saturated heterocycles. The molecule has 0 aliphatic heterocycles. The maximum absolute atomic E-state index is 6.33. The van der Waals surface area contributed by atoms with Crippen molar-refractivity contribution >= 4 is 0 Å². The van der Waals surface area contributed by atoms with E-state index in [1.54, 1.807) is 0 Å². The van der Waals surface area contributed by atoms with Crippen molar-refractivity contribution < 1.29 is 0 Å². The second kappa shape index (κ2) is 8.35. The standard InChI is InChI=1S/C17H37N3/c1-6-16-9-7-8-10-17(16,14-18)20(13-15(2)3)12-11-19(4)5/h15-16H,6-14,18H2,1-5H3. The Morgan fingerprint density at radius 3 is 2.40 bits per heavy atom. The van der Waals surface area contributed by atoms with E-state index in [4.69, 9.17) is 5.73 Å². The number of rotatable bonds is 8. The third kappa shape index (κ3) is 4.44. The minimum Gasteiger partial charge on any atom is -0.329 e. The summed E-state index contributed by atoms with van der Waals surface area (Å²) in [5, 5.41) is 0. The molecule has 0 radical (unpaired) electrons. The molecule has 2 atom stereocenters. The second-order valence-corrected chi connectivity index (χ2v) is 7.30. The van der Waals surface area contributed by atoms with E-state index in [1.807, 2.05) is 0 Å². The molecule has 3 heteroatoms. The van der Waals surface area contributed by atoms with Gasteiger partial charge < -0.3 is 10.6 Å². The lowest BCUT2D eigenvalue weighted by Crippen LogP contribution is -2.61. The van der Waals surface area contributed by atoms with E-state index in [-0.39, 0.29) is 5.54 Å². The van der Waals surface area contributed by atoms with Crippen molar-refractivity contribution in [3.05, 3.63) is 0 Å². The van der Waals surface area contributed by atoms with Gasteiger partial charge in [-0.25, -0.2) is 0 Å². The third-order valence-electron chi connectivity index (χ3n) is 5.05. The highest BCUT2D eigenvalue weighted by atomic mass is 15.2. The zero-order valence-electron chi connectivity index (χ0n) is 14.5. The van der Waals surface area contributed by atoms with Gasteiger partial charge in [-0.2, -0.15) is 0 Å². The van der Waals surface area contributed by atoms with E-state index >= 15 is 0 Å². The predicted molar refractivity (Wildman–Crippen MR) is 89.0 cm³/mol. The summed E-state index contributed by atoms with van der Waals surface area (Å²) in [6.45, 7) is 11.3. The minimum absolute atomic E-state index is 0.257. The Labute approximate surface area is 126 Å². The lowest BCUT2D eigenvalue weighted by atomic mass is 9.70. The van der Waals surface area contributed by atoms with Crippen LogP contribution in [0.3, 0.4) is 0 Å². The Kier molecular flexibility index (Phi) is 7.49. The van der Waals surface area contributed by atoms with Crippen molar-refractivity contribution in [1.82, 2.24) is 9.80 Å². The summed E-state index contributed by atoms with van der Waals surface area (Å²) in [7, 11) is 4.34. The first-order valence-electron chi connectivity index (χ1n) is 8.56. The maximum atomic E-state index is 6.33. The van der Waals surface area contributed by atoms with Crippen molar-refractivity contribution in [1.29, 1.82) is 0 Å². The second-order valence-electron chi connectivity index (χ2n) is 7.30. The minimum atomic E-state index is 0.257. The number of nitrogens with zero attached hydrogens (tertiary/aromatic N) is 2. The average Bonchev–Trinajstić information content (AvgIpc) is 2.42. The quantitative estimate of drug-likeness (QED) is 0.743. The van der Waals surface area contributed by atoms with Gasteiger partial charge in [-0.15, -0.1) is 0 Å². The molecule has 1 aliphatic rings. The molecule has 2 N–H and O–H groups in total. The summed E-state index contributed by atoms with van der Waals surface area (Å²) in [5.41, 5.74) is 6.59. The average molecular weight is 284 g/mol. The molecular weight excluding hydrogens is 246 g/mol. The first kappa shape index (κ1) is 17.9. The van der Waals surface area contributed by atoms with Crippen LogP contribution in [0.1, 0.15) is 52.9 Å². The monoisotopic (exact) mass is 283 g/mol. The smallest absolute Gasteiger partial charge is 0.0360 e. The fraction of sp³-hybridized carbons (Fsp3) is 1.00. The largest absolute Gasteiger partial charge is 0.329 e.